The number of hydrogen-bond acceptors (Lipinski definition) is 4. The van der Waals surface area contributed by atoms with Gasteiger partial charge in [0, 0.05) is 23.7 Å². The molecule has 4 heteroatoms. The SMILES string of the molecule is Cc1nc(C2CNCCS2)c(C)s1. The average Bonchev–Trinajstić information content (AvgIpc) is 2.47. The van der Waals surface area contributed by atoms with E-state index in [0.717, 1.165) is 13.1 Å². The predicted molar refractivity (Wildman–Crippen MR) is 59.7 cm³/mol. The standard InChI is InChI=1S/C9H14N2S2/c1-6-9(11-7(2)13-6)8-5-10-3-4-12-8/h8,10H,3-5H2,1-2H3. The molecule has 1 aromatic rings. The van der Waals surface area contributed by atoms with Crippen LogP contribution in [0.4, 0.5) is 0 Å². The zero-order valence-electron chi connectivity index (χ0n) is 7.96. The maximum Gasteiger partial charge on any atom is 0.0900 e. The number of aromatic nitrogens is 1. The molecular formula is C9H14N2S2. The molecule has 0 amide bonds. The molecule has 2 nitrogen and oxygen atoms in total. The molecule has 1 aliphatic rings. The summed E-state index contributed by atoms with van der Waals surface area (Å²) in [4.78, 5) is 5.98. The van der Waals surface area contributed by atoms with Crippen molar-refractivity contribution in [2.75, 3.05) is 18.8 Å². The minimum atomic E-state index is 0.582. The minimum Gasteiger partial charge on any atom is -0.314 e. The fourth-order valence-corrected chi connectivity index (χ4v) is 3.71. The summed E-state index contributed by atoms with van der Waals surface area (Å²) in [5.41, 5.74) is 1.31. The van der Waals surface area contributed by atoms with Gasteiger partial charge in [-0.05, 0) is 13.8 Å². The van der Waals surface area contributed by atoms with Crippen molar-refractivity contribution in [3.63, 3.8) is 0 Å². The molecule has 1 saturated heterocycles. The van der Waals surface area contributed by atoms with Gasteiger partial charge in [-0.2, -0.15) is 0 Å². The Balaban J connectivity index is 2.18. The van der Waals surface area contributed by atoms with Crippen LogP contribution in [0.3, 0.4) is 0 Å². The zero-order valence-corrected chi connectivity index (χ0v) is 9.60. The molecule has 1 atom stereocenters. The summed E-state index contributed by atoms with van der Waals surface area (Å²) >= 11 is 3.84. The number of nitrogens with zero attached hydrogens (tertiary/aromatic N) is 1. The van der Waals surface area contributed by atoms with E-state index in [4.69, 9.17) is 0 Å². The third-order valence-electron chi connectivity index (χ3n) is 2.17. The molecule has 0 bridgehead atoms. The molecule has 1 aliphatic heterocycles. The number of thiazole rings is 1. The third kappa shape index (κ3) is 2.06. The number of aryl methyl sites for hydroxylation is 2. The molecule has 0 aromatic carbocycles. The number of rotatable bonds is 1. The molecular weight excluding hydrogens is 200 g/mol. The number of nitrogens with one attached hydrogen (secondary N) is 1. The first-order valence-electron chi connectivity index (χ1n) is 4.53. The van der Waals surface area contributed by atoms with Crippen LogP contribution in [-0.4, -0.2) is 23.8 Å². The van der Waals surface area contributed by atoms with Gasteiger partial charge in [0.15, 0.2) is 0 Å². The van der Waals surface area contributed by atoms with Crippen LogP contribution in [0, 0.1) is 13.8 Å². The smallest absolute Gasteiger partial charge is 0.0900 e. The van der Waals surface area contributed by atoms with Gasteiger partial charge in [-0.3, -0.25) is 0 Å². The average molecular weight is 214 g/mol. The Kier molecular flexibility index (Phi) is 2.91. The van der Waals surface area contributed by atoms with E-state index in [-0.39, 0.29) is 0 Å². The van der Waals surface area contributed by atoms with Crippen LogP contribution >= 0.6 is 23.1 Å². The van der Waals surface area contributed by atoms with Crippen molar-refractivity contribution in [1.82, 2.24) is 10.3 Å². The van der Waals surface area contributed by atoms with Crippen molar-refractivity contribution < 1.29 is 0 Å². The lowest BCUT2D eigenvalue weighted by Gasteiger charge is -2.21. The van der Waals surface area contributed by atoms with Crippen LogP contribution in [0.1, 0.15) is 20.8 Å². The molecule has 0 radical (unpaired) electrons. The maximum atomic E-state index is 4.59. The van der Waals surface area contributed by atoms with E-state index >= 15 is 0 Å². The minimum absolute atomic E-state index is 0.582. The van der Waals surface area contributed by atoms with Gasteiger partial charge in [-0.25, -0.2) is 4.98 Å². The molecule has 1 fully saturated rings. The summed E-state index contributed by atoms with van der Waals surface area (Å²) in [6.45, 7) is 6.48. The molecule has 1 N–H and O–H groups in total. The number of thioether (sulfide) groups is 1. The Morgan fingerprint density at radius 1 is 1.46 bits per heavy atom. The van der Waals surface area contributed by atoms with Gasteiger partial charge in [0.05, 0.1) is 16.0 Å². The van der Waals surface area contributed by atoms with E-state index in [1.54, 1.807) is 0 Å². The van der Waals surface area contributed by atoms with E-state index in [1.165, 1.54) is 21.3 Å². The third-order valence-corrected chi connectivity index (χ3v) is 4.31. The van der Waals surface area contributed by atoms with Crippen LogP contribution in [0.15, 0.2) is 0 Å². The Bertz CT molecular complexity index is 290. The van der Waals surface area contributed by atoms with Crippen molar-refractivity contribution in [1.29, 1.82) is 0 Å². The van der Waals surface area contributed by atoms with Crippen molar-refractivity contribution in [3.05, 3.63) is 15.6 Å². The Morgan fingerprint density at radius 2 is 2.31 bits per heavy atom. The maximum absolute atomic E-state index is 4.59. The Labute approximate surface area is 87.1 Å². The number of hydrogen-bond donors (Lipinski definition) is 1. The van der Waals surface area contributed by atoms with E-state index in [0.29, 0.717) is 5.25 Å². The summed E-state index contributed by atoms with van der Waals surface area (Å²) in [7, 11) is 0. The van der Waals surface area contributed by atoms with Gasteiger partial charge < -0.3 is 5.32 Å². The molecule has 2 heterocycles. The molecule has 2 rings (SSSR count). The van der Waals surface area contributed by atoms with Crippen molar-refractivity contribution in [2.45, 2.75) is 19.1 Å². The summed E-state index contributed by atoms with van der Waals surface area (Å²) in [6.07, 6.45) is 0. The zero-order chi connectivity index (χ0) is 9.26. The van der Waals surface area contributed by atoms with Gasteiger partial charge in [0.25, 0.3) is 0 Å². The van der Waals surface area contributed by atoms with E-state index in [2.05, 4.69) is 24.1 Å². The van der Waals surface area contributed by atoms with Crippen LogP contribution < -0.4 is 5.32 Å². The molecule has 1 aromatic heterocycles. The van der Waals surface area contributed by atoms with Crippen molar-refractivity contribution in [3.8, 4) is 0 Å². The highest BCUT2D eigenvalue weighted by atomic mass is 32.2. The quantitative estimate of drug-likeness (QED) is 0.775. The van der Waals surface area contributed by atoms with Crippen LogP contribution in [-0.2, 0) is 0 Å². The Hall–Kier alpha value is -0.0600. The first-order chi connectivity index (χ1) is 6.27. The topological polar surface area (TPSA) is 24.9 Å². The van der Waals surface area contributed by atoms with E-state index < -0.39 is 0 Å². The lowest BCUT2D eigenvalue weighted by Crippen LogP contribution is -2.28. The van der Waals surface area contributed by atoms with E-state index in [1.807, 2.05) is 23.1 Å². The predicted octanol–water partition coefficient (Wildman–Crippen LogP) is 2.14. The second-order valence-electron chi connectivity index (χ2n) is 3.24. The first-order valence-corrected chi connectivity index (χ1v) is 6.40. The van der Waals surface area contributed by atoms with E-state index in [9.17, 15) is 0 Å². The van der Waals surface area contributed by atoms with Gasteiger partial charge in [0.1, 0.15) is 0 Å². The van der Waals surface area contributed by atoms with Crippen LogP contribution in [0.2, 0.25) is 0 Å². The normalized spacial score (nSPS) is 23.4. The fraction of sp³-hybridized carbons (Fsp3) is 0.667. The monoisotopic (exact) mass is 214 g/mol. The molecule has 0 saturated carbocycles. The Morgan fingerprint density at radius 3 is 2.85 bits per heavy atom. The highest BCUT2D eigenvalue weighted by Gasteiger charge is 2.20. The molecule has 13 heavy (non-hydrogen) atoms. The second-order valence-corrected chi connectivity index (χ2v) is 5.96. The van der Waals surface area contributed by atoms with Crippen molar-refractivity contribution >= 4 is 23.1 Å². The molecule has 72 valence electrons. The molecule has 0 spiro atoms. The largest absolute Gasteiger partial charge is 0.314 e. The lowest BCUT2D eigenvalue weighted by molar-refractivity contribution is 0.680. The van der Waals surface area contributed by atoms with Gasteiger partial charge in [-0.15, -0.1) is 23.1 Å². The van der Waals surface area contributed by atoms with Crippen molar-refractivity contribution in [2.24, 2.45) is 0 Å². The summed E-state index contributed by atoms with van der Waals surface area (Å²) in [5.74, 6) is 1.21. The second kappa shape index (κ2) is 3.98. The first kappa shape index (κ1) is 9.49. The van der Waals surface area contributed by atoms with Gasteiger partial charge in [-0.1, -0.05) is 0 Å². The van der Waals surface area contributed by atoms with Gasteiger partial charge in [0.2, 0.25) is 0 Å². The summed E-state index contributed by atoms with van der Waals surface area (Å²) in [5, 5.41) is 5.19. The summed E-state index contributed by atoms with van der Waals surface area (Å²) < 4.78 is 0. The highest BCUT2D eigenvalue weighted by molar-refractivity contribution is 7.99. The molecule has 1 unspecified atom stereocenters. The summed E-state index contributed by atoms with van der Waals surface area (Å²) in [6, 6.07) is 0. The fourth-order valence-electron chi connectivity index (χ4n) is 1.58. The van der Waals surface area contributed by atoms with Crippen LogP contribution in [0.5, 0.6) is 0 Å². The highest BCUT2D eigenvalue weighted by Crippen LogP contribution is 2.33. The molecule has 0 aliphatic carbocycles. The lowest BCUT2D eigenvalue weighted by atomic mass is 10.2. The van der Waals surface area contributed by atoms with Crippen LogP contribution in [0.25, 0.3) is 0 Å². The van der Waals surface area contributed by atoms with Gasteiger partial charge >= 0.3 is 0 Å².